The fourth-order valence-electron chi connectivity index (χ4n) is 2.75. The molecule has 1 aliphatic rings. The van der Waals surface area contributed by atoms with Gasteiger partial charge in [-0.1, -0.05) is 12.8 Å². The van der Waals surface area contributed by atoms with Crippen LogP contribution in [0.2, 0.25) is 0 Å². The Balaban J connectivity index is 2.56. The summed E-state index contributed by atoms with van der Waals surface area (Å²) in [6, 6.07) is -0.530. The summed E-state index contributed by atoms with van der Waals surface area (Å²) in [7, 11) is 0. The van der Waals surface area contributed by atoms with Crippen LogP contribution in [-0.2, 0) is 9.59 Å². The predicted octanol–water partition coefficient (Wildman–Crippen LogP) is 0.783. The van der Waals surface area contributed by atoms with Gasteiger partial charge in [0.1, 0.15) is 6.54 Å². The molecule has 2 atom stereocenters. The molecule has 0 radical (unpaired) electrons. The van der Waals surface area contributed by atoms with Crippen molar-refractivity contribution in [2.75, 3.05) is 13.1 Å². The Hall–Kier alpha value is -1.79. The number of carbonyl (C=O) groups is 3. The SMILES string of the molecule is CC(C)N(CC(N)=O)C(=O)NCC1CCCCC1C(=O)O. The largest absolute Gasteiger partial charge is 0.481 e. The van der Waals surface area contributed by atoms with Gasteiger partial charge in [0, 0.05) is 12.6 Å². The molecule has 21 heavy (non-hydrogen) atoms. The first-order valence-electron chi connectivity index (χ1n) is 7.38. The highest BCUT2D eigenvalue weighted by atomic mass is 16.4. The first-order valence-corrected chi connectivity index (χ1v) is 7.38. The highest BCUT2D eigenvalue weighted by molar-refractivity contribution is 5.83. The minimum atomic E-state index is -0.799. The van der Waals surface area contributed by atoms with E-state index in [1.54, 1.807) is 13.8 Å². The Morgan fingerprint density at radius 1 is 1.29 bits per heavy atom. The number of carbonyl (C=O) groups excluding carboxylic acids is 2. The van der Waals surface area contributed by atoms with Crippen molar-refractivity contribution in [2.45, 2.75) is 45.6 Å². The minimum Gasteiger partial charge on any atom is -0.481 e. The normalized spacial score (nSPS) is 21.9. The van der Waals surface area contributed by atoms with Crippen molar-refractivity contribution in [3.8, 4) is 0 Å². The average molecular weight is 299 g/mol. The predicted molar refractivity (Wildman–Crippen MR) is 77.5 cm³/mol. The van der Waals surface area contributed by atoms with Gasteiger partial charge < -0.3 is 21.1 Å². The monoisotopic (exact) mass is 299 g/mol. The zero-order valence-electron chi connectivity index (χ0n) is 12.7. The lowest BCUT2D eigenvalue weighted by atomic mass is 9.79. The number of amides is 3. The second kappa shape index (κ2) is 7.85. The fraction of sp³-hybridized carbons (Fsp3) is 0.786. The molecule has 0 saturated heterocycles. The van der Waals surface area contributed by atoms with Crippen molar-refractivity contribution >= 4 is 17.9 Å². The summed E-state index contributed by atoms with van der Waals surface area (Å²) in [6.45, 7) is 3.76. The van der Waals surface area contributed by atoms with Crippen LogP contribution in [0.15, 0.2) is 0 Å². The number of primary amides is 1. The second-order valence-electron chi connectivity index (χ2n) is 5.86. The van der Waals surface area contributed by atoms with Crippen molar-refractivity contribution in [2.24, 2.45) is 17.6 Å². The maximum absolute atomic E-state index is 12.1. The maximum atomic E-state index is 12.1. The molecule has 4 N–H and O–H groups in total. The number of nitrogens with one attached hydrogen (secondary N) is 1. The number of nitrogens with zero attached hydrogens (tertiary/aromatic N) is 1. The first-order chi connectivity index (χ1) is 9.82. The van der Waals surface area contributed by atoms with E-state index in [1.165, 1.54) is 4.90 Å². The third-order valence-electron chi connectivity index (χ3n) is 3.95. The molecule has 2 unspecified atom stereocenters. The molecule has 0 bridgehead atoms. The molecule has 3 amide bonds. The van der Waals surface area contributed by atoms with Crippen molar-refractivity contribution in [3.05, 3.63) is 0 Å². The molecule has 1 aliphatic carbocycles. The van der Waals surface area contributed by atoms with Gasteiger partial charge in [-0.15, -0.1) is 0 Å². The van der Waals surface area contributed by atoms with E-state index >= 15 is 0 Å². The summed E-state index contributed by atoms with van der Waals surface area (Å²) >= 11 is 0. The lowest BCUT2D eigenvalue weighted by Crippen LogP contribution is -2.49. The molecule has 0 aromatic heterocycles. The van der Waals surface area contributed by atoms with Gasteiger partial charge >= 0.3 is 12.0 Å². The summed E-state index contributed by atoms with van der Waals surface area (Å²) in [5, 5.41) is 11.9. The lowest BCUT2D eigenvalue weighted by Gasteiger charge is -2.31. The molecule has 7 nitrogen and oxygen atoms in total. The number of hydrogen-bond acceptors (Lipinski definition) is 3. The number of carboxylic acid groups (broad SMARTS) is 1. The van der Waals surface area contributed by atoms with Crippen molar-refractivity contribution < 1.29 is 19.5 Å². The molecule has 7 heteroatoms. The van der Waals surface area contributed by atoms with Crippen LogP contribution < -0.4 is 11.1 Å². The summed E-state index contributed by atoms with van der Waals surface area (Å²) in [5.74, 6) is -1.82. The van der Waals surface area contributed by atoms with Gasteiger partial charge in [0.15, 0.2) is 0 Å². The zero-order chi connectivity index (χ0) is 16.0. The Kier molecular flexibility index (Phi) is 6.45. The Labute approximate surface area is 124 Å². The van der Waals surface area contributed by atoms with Crippen LogP contribution in [0.4, 0.5) is 4.79 Å². The van der Waals surface area contributed by atoms with Gasteiger partial charge in [-0.2, -0.15) is 0 Å². The van der Waals surface area contributed by atoms with Crippen molar-refractivity contribution in [1.29, 1.82) is 0 Å². The topological polar surface area (TPSA) is 113 Å². The molecule has 0 heterocycles. The van der Waals surface area contributed by atoms with E-state index in [1.807, 2.05) is 0 Å². The molecule has 0 aliphatic heterocycles. The van der Waals surface area contributed by atoms with Gasteiger partial charge in [-0.3, -0.25) is 9.59 Å². The van der Waals surface area contributed by atoms with Crippen LogP contribution in [0.5, 0.6) is 0 Å². The number of hydrogen-bond donors (Lipinski definition) is 3. The molecule has 1 fully saturated rings. The minimum absolute atomic E-state index is 0.0530. The molecule has 0 aromatic carbocycles. The number of rotatable bonds is 6. The fourth-order valence-corrected chi connectivity index (χ4v) is 2.75. The van der Waals surface area contributed by atoms with E-state index in [0.717, 1.165) is 19.3 Å². The third-order valence-corrected chi connectivity index (χ3v) is 3.95. The van der Waals surface area contributed by atoms with Crippen LogP contribution in [0.1, 0.15) is 39.5 Å². The van der Waals surface area contributed by atoms with E-state index in [0.29, 0.717) is 13.0 Å². The third kappa shape index (κ3) is 5.24. The van der Waals surface area contributed by atoms with Gasteiger partial charge in [-0.05, 0) is 32.6 Å². The van der Waals surface area contributed by atoms with Gasteiger partial charge in [-0.25, -0.2) is 4.79 Å². The maximum Gasteiger partial charge on any atom is 0.318 e. The molecule has 1 rings (SSSR count). The van der Waals surface area contributed by atoms with Crippen molar-refractivity contribution in [1.82, 2.24) is 10.2 Å². The van der Waals surface area contributed by atoms with Crippen LogP contribution in [0, 0.1) is 11.8 Å². The lowest BCUT2D eigenvalue weighted by molar-refractivity contribution is -0.144. The highest BCUT2D eigenvalue weighted by Crippen LogP contribution is 2.29. The van der Waals surface area contributed by atoms with E-state index in [2.05, 4.69) is 5.32 Å². The number of aliphatic carboxylic acids is 1. The van der Waals surface area contributed by atoms with Crippen molar-refractivity contribution in [3.63, 3.8) is 0 Å². The average Bonchev–Trinajstić information content (AvgIpc) is 2.41. The number of urea groups is 1. The first kappa shape index (κ1) is 17.3. The van der Waals surface area contributed by atoms with Gasteiger partial charge in [0.25, 0.3) is 0 Å². The zero-order valence-corrected chi connectivity index (χ0v) is 12.7. The summed E-state index contributed by atoms with van der Waals surface area (Å²) in [5.41, 5.74) is 5.13. The second-order valence-corrected chi connectivity index (χ2v) is 5.86. The van der Waals surface area contributed by atoms with Crippen LogP contribution in [0.25, 0.3) is 0 Å². The quantitative estimate of drug-likeness (QED) is 0.672. The molecule has 0 spiro atoms. The van der Waals surface area contributed by atoms with Crippen LogP contribution in [-0.4, -0.2) is 47.0 Å². The summed E-state index contributed by atoms with van der Waals surface area (Å²) in [6.07, 6.45) is 3.36. The van der Waals surface area contributed by atoms with E-state index in [4.69, 9.17) is 5.73 Å². The standard InChI is InChI=1S/C14H25N3O4/c1-9(2)17(8-12(15)18)14(21)16-7-10-5-3-4-6-11(10)13(19)20/h9-11H,3-8H2,1-2H3,(H2,15,18)(H,16,21)(H,19,20). The van der Waals surface area contributed by atoms with Crippen LogP contribution >= 0.6 is 0 Å². The molecular formula is C14H25N3O4. The van der Waals surface area contributed by atoms with E-state index < -0.39 is 17.8 Å². The van der Waals surface area contributed by atoms with Crippen LogP contribution in [0.3, 0.4) is 0 Å². The Bertz CT molecular complexity index is 398. The Morgan fingerprint density at radius 3 is 2.43 bits per heavy atom. The molecular weight excluding hydrogens is 274 g/mol. The van der Waals surface area contributed by atoms with Gasteiger partial charge in [0.05, 0.1) is 5.92 Å². The number of nitrogens with two attached hydrogens (primary N) is 1. The molecule has 0 aromatic rings. The van der Waals surface area contributed by atoms with Gasteiger partial charge in [0.2, 0.25) is 5.91 Å². The summed E-state index contributed by atoms with van der Waals surface area (Å²) in [4.78, 5) is 35.6. The Morgan fingerprint density at radius 2 is 1.90 bits per heavy atom. The summed E-state index contributed by atoms with van der Waals surface area (Å²) < 4.78 is 0. The smallest absolute Gasteiger partial charge is 0.318 e. The number of carboxylic acids is 1. The van der Waals surface area contributed by atoms with E-state index in [-0.39, 0.29) is 24.5 Å². The molecule has 120 valence electrons. The highest BCUT2D eigenvalue weighted by Gasteiger charge is 2.31. The molecule has 1 saturated carbocycles. The van der Waals surface area contributed by atoms with E-state index in [9.17, 15) is 19.5 Å².